The van der Waals surface area contributed by atoms with E-state index < -0.39 is 5.91 Å². The summed E-state index contributed by atoms with van der Waals surface area (Å²) in [6, 6.07) is 11.4. The number of nitrogens with two attached hydrogens (primary N) is 1. The molecule has 0 unspecified atom stereocenters. The molecule has 4 aromatic rings. The Hall–Kier alpha value is -3.61. The lowest BCUT2D eigenvalue weighted by Crippen LogP contribution is -2.10. The summed E-state index contributed by atoms with van der Waals surface area (Å²) in [4.78, 5) is 15.7. The highest BCUT2D eigenvalue weighted by Crippen LogP contribution is 2.31. The van der Waals surface area contributed by atoms with Crippen molar-refractivity contribution in [2.45, 2.75) is 13.5 Å². The third kappa shape index (κ3) is 2.93. The number of carbonyl (C=O) groups excluding carboxylic acids is 1. The van der Waals surface area contributed by atoms with E-state index in [4.69, 9.17) is 5.73 Å². The summed E-state index contributed by atoms with van der Waals surface area (Å²) in [7, 11) is 0. The van der Waals surface area contributed by atoms with Gasteiger partial charge in [0.2, 0.25) is 5.91 Å². The monoisotopic (exact) mass is 361 g/mol. The zero-order valence-corrected chi connectivity index (χ0v) is 14.6. The number of amides is 1. The number of primary amides is 1. The maximum absolute atomic E-state index is 14.5. The first kappa shape index (κ1) is 16.8. The van der Waals surface area contributed by atoms with Crippen LogP contribution in [0.2, 0.25) is 0 Å². The number of hydrogen-bond acceptors (Lipinski definition) is 4. The predicted octanol–water partition coefficient (Wildman–Crippen LogP) is 3.42. The van der Waals surface area contributed by atoms with E-state index in [0.29, 0.717) is 27.9 Å². The molecule has 0 bridgehead atoms. The number of benzene rings is 2. The number of aryl methyl sites for hydroxylation is 1. The quantitative estimate of drug-likeness (QED) is 0.603. The van der Waals surface area contributed by atoms with Crippen LogP contribution in [0.25, 0.3) is 33.4 Å². The largest absolute Gasteiger partial charge is 0.366 e. The maximum Gasteiger partial charge on any atom is 0.248 e. The first-order valence-corrected chi connectivity index (χ1v) is 8.45. The van der Waals surface area contributed by atoms with Gasteiger partial charge in [-0.15, -0.1) is 5.10 Å². The Labute approximate surface area is 154 Å². The molecule has 0 radical (unpaired) electrons. The summed E-state index contributed by atoms with van der Waals surface area (Å²) in [5.41, 5.74) is 9.68. The van der Waals surface area contributed by atoms with E-state index in [2.05, 4.69) is 15.2 Å². The highest BCUT2D eigenvalue weighted by molar-refractivity contribution is 5.93. The molecule has 2 heterocycles. The Balaban J connectivity index is 1.84. The van der Waals surface area contributed by atoms with Crippen LogP contribution in [-0.2, 0) is 6.54 Å². The lowest BCUT2D eigenvalue weighted by atomic mass is 9.98. The molecular formula is C20H16FN5O. The van der Waals surface area contributed by atoms with E-state index >= 15 is 0 Å². The second-order valence-electron chi connectivity index (χ2n) is 6.10. The maximum atomic E-state index is 14.5. The Morgan fingerprint density at radius 1 is 1.11 bits per heavy atom. The number of imidazole rings is 1. The smallest absolute Gasteiger partial charge is 0.248 e. The van der Waals surface area contributed by atoms with Gasteiger partial charge < -0.3 is 10.3 Å². The minimum atomic E-state index is -0.521. The average Bonchev–Trinajstić information content (AvgIpc) is 3.12. The van der Waals surface area contributed by atoms with Crippen molar-refractivity contribution < 1.29 is 9.18 Å². The normalized spacial score (nSPS) is 11.0. The number of halogens is 1. The fraction of sp³-hybridized carbons (Fsp3) is 0.100. The standard InChI is InChI=1S/C20H16FN5O/c1-2-26-11-23-18-16(10-24-25-20(18)26)14-7-8-17(21)15(9-14)12-3-5-13(6-4-12)19(22)27/h3-11H,2H2,1H3,(H2,22,27). The van der Waals surface area contributed by atoms with E-state index in [-0.39, 0.29) is 5.82 Å². The van der Waals surface area contributed by atoms with Crippen molar-refractivity contribution in [2.75, 3.05) is 0 Å². The summed E-state index contributed by atoms with van der Waals surface area (Å²) in [6.07, 6.45) is 3.35. The summed E-state index contributed by atoms with van der Waals surface area (Å²) in [6.45, 7) is 2.73. The Morgan fingerprint density at radius 3 is 2.56 bits per heavy atom. The SMILES string of the molecule is CCn1cnc2c(-c3ccc(F)c(-c4ccc(C(N)=O)cc4)c3)cnnc21. The fourth-order valence-corrected chi connectivity index (χ4v) is 3.04. The molecule has 0 aliphatic carbocycles. The van der Waals surface area contributed by atoms with Gasteiger partial charge in [-0.3, -0.25) is 4.79 Å². The van der Waals surface area contributed by atoms with E-state index in [9.17, 15) is 9.18 Å². The van der Waals surface area contributed by atoms with Crippen molar-refractivity contribution in [3.63, 3.8) is 0 Å². The highest BCUT2D eigenvalue weighted by Gasteiger charge is 2.14. The van der Waals surface area contributed by atoms with Crippen LogP contribution in [0.3, 0.4) is 0 Å². The number of aromatic nitrogens is 4. The van der Waals surface area contributed by atoms with Gasteiger partial charge in [0.1, 0.15) is 11.3 Å². The van der Waals surface area contributed by atoms with E-state index in [0.717, 1.165) is 17.7 Å². The lowest BCUT2D eigenvalue weighted by molar-refractivity contribution is 0.100. The third-order valence-electron chi connectivity index (χ3n) is 4.50. The molecule has 0 aliphatic heterocycles. The molecule has 0 fully saturated rings. The van der Waals surface area contributed by atoms with Gasteiger partial charge in [0.05, 0.1) is 12.5 Å². The predicted molar refractivity (Wildman–Crippen MR) is 100 cm³/mol. The van der Waals surface area contributed by atoms with Crippen LogP contribution in [0.5, 0.6) is 0 Å². The van der Waals surface area contributed by atoms with Gasteiger partial charge in [-0.25, -0.2) is 9.37 Å². The molecule has 134 valence electrons. The van der Waals surface area contributed by atoms with Crippen molar-refractivity contribution in [3.05, 3.63) is 66.4 Å². The van der Waals surface area contributed by atoms with Crippen LogP contribution in [-0.4, -0.2) is 25.7 Å². The van der Waals surface area contributed by atoms with Crippen LogP contribution >= 0.6 is 0 Å². The van der Waals surface area contributed by atoms with Gasteiger partial charge in [-0.2, -0.15) is 5.10 Å². The molecular weight excluding hydrogens is 345 g/mol. The topological polar surface area (TPSA) is 86.7 Å². The Morgan fingerprint density at radius 2 is 1.85 bits per heavy atom. The molecule has 0 spiro atoms. The lowest BCUT2D eigenvalue weighted by Gasteiger charge is -2.08. The summed E-state index contributed by atoms with van der Waals surface area (Å²) in [5.74, 6) is -0.879. The molecule has 2 aromatic heterocycles. The second kappa shape index (κ2) is 6.60. The van der Waals surface area contributed by atoms with Gasteiger partial charge in [-0.05, 0) is 42.3 Å². The van der Waals surface area contributed by atoms with Crippen molar-refractivity contribution >= 4 is 17.1 Å². The molecule has 7 heteroatoms. The minimum absolute atomic E-state index is 0.358. The van der Waals surface area contributed by atoms with Crippen LogP contribution in [0.1, 0.15) is 17.3 Å². The third-order valence-corrected chi connectivity index (χ3v) is 4.50. The van der Waals surface area contributed by atoms with E-state index in [1.807, 2.05) is 11.5 Å². The minimum Gasteiger partial charge on any atom is -0.366 e. The van der Waals surface area contributed by atoms with Crippen LogP contribution < -0.4 is 5.73 Å². The molecule has 1 amide bonds. The van der Waals surface area contributed by atoms with Gasteiger partial charge in [-0.1, -0.05) is 18.2 Å². The molecule has 6 nitrogen and oxygen atoms in total. The molecule has 0 saturated heterocycles. The van der Waals surface area contributed by atoms with Crippen LogP contribution in [0, 0.1) is 5.82 Å². The summed E-state index contributed by atoms with van der Waals surface area (Å²) in [5, 5.41) is 8.23. The molecule has 2 N–H and O–H groups in total. The number of fused-ring (bicyclic) bond motifs is 1. The molecule has 0 saturated carbocycles. The molecule has 27 heavy (non-hydrogen) atoms. The van der Waals surface area contributed by atoms with Crippen molar-refractivity contribution in [1.82, 2.24) is 19.7 Å². The number of carbonyl (C=O) groups is 1. The molecule has 0 atom stereocenters. The van der Waals surface area contributed by atoms with Crippen molar-refractivity contribution in [1.29, 1.82) is 0 Å². The number of hydrogen-bond donors (Lipinski definition) is 1. The summed E-state index contributed by atoms with van der Waals surface area (Å²) >= 11 is 0. The van der Waals surface area contributed by atoms with Gasteiger partial charge in [0, 0.05) is 23.2 Å². The highest BCUT2D eigenvalue weighted by atomic mass is 19.1. The molecule has 0 aliphatic rings. The molecule has 2 aromatic carbocycles. The summed E-state index contributed by atoms with van der Waals surface area (Å²) < 4.78 is 16.4. The van der Waals surface area contributed by atoms with Crippen molar-refractivity contribution in [2.24, 2.45) is 5.73 Å². The average molecular weight is 361 g/mol. The first-order chi connectivity index (χ1) is 13.1. The fourth-order valence-electron chi connectivity index (χ4n) is 3.04. The Kier molecular flexibility index (Phi) is 4.12. The number of nitrogens with zero attached hydrogens (tertiary/aromatic N) is 4. The van der Waals surface area contributed by atoms with Crippen molar-refractivity contribution in [3.8, 4) is 22.3 Å². The zero-order chi connectivity index (χ0) is 19.0. The van der Waals surface area contributed by atoms with E-state index in [1.165, 1.54) is 6.07 Å². The van der Waals surface area contributed by atoms with Gasteiger partial charge in [0.15, 0.2) is 5.65 Å². The number of rotatable bonds is 4. The van der Waals surface area contributed by atoms with Gasteiger partial charge in [0.25, 0.3) is 0 Å². The Bertz CT molecular complexity index is 1150. The van der Waals surface area contributed by atoms with Gasteiger partial charge >= 0.3 is 0 Å². The molecule has 4 rings (SSSR count). The zero-order valence-electron chi connectivity index (χ0n) is 14.6. The van der Waals surface area contributed by atoms with Crippen LogP contribution in [0.4, 0.5) is 4.39 Å². The van der Waals surface area contributed by atoms with E-state index in [1.54, 1.807) is 48.9 Å². The second-order valence-corrected chi connectivity index (χ2v) is 6.10. The first-order valence-electron chi connectivity index (χ1n) is 8.45. The van der Waals surface area contributed by atoms with Crippen LogP contribution in [0.15, 0.2) is 55.0 Å².